The zero-order valence-corrected chi connectivity index (χ0v) is 15.7. The lowest BCUT2D eigenvalue weighted by Crippen LogP contribution is -2.17. The van der Waals surface area contributed by atoms with E-state index in [-0.39, 0.29) is 5.91 Å². The minimum absolute atomic E-state index is 0.253. The molecule has 132 valence electrons. The lowest BCUT2D eigenvalue weighted by Gasteiger charge is -2.08. The van der Waals surface area contributed by atoms with Crippen LogP contribution in [-0.2, 0) is 6.61 Å². The molecule has 0 radical (unpaired) electrons. The van der Waals surface area contributed by atoms with Gasteiger partial charge in [-0.15, -0.1) is 0 Å². The van der Waals surface area contributed by atoms with E-state index in [0.717, 1.165) is 27.5 Å². The SMILES string of the molecule is Cc1cc(OCc2ccc(C(=O)N/N=C\c3ccsc3)cc2)ccc1Cl. The van der Waals surface area contributed by atoms with E-state index >= 15 is 0 Å². The number of thiophene rings is 1. The number of carbonyl (C=O) groups is 1. The summed E-state index contributed by atoms with van der Waals surface area (Å²) in [6.07, 6.45) is 1.62. The number of nitrogens with one attached hydrogen (secondary N) is 1. The van der Waals surface area contributed by atoms with Crippen LogP contribution in [0.25, 0.3) is 0 Å². The summed E-state index contributed by atoms with van der Waals surface area (Å²) in [4.78, 5) is 12.1. The van der Waals surface area contributed by atoms with Gasteiger partial charge in [-0.2, -0.15) is 16.4 Å². The zero-order valence-electron chi connectivity index (χ0n) is 14.1. The molecule has 0 aliphatic carbocycles. The molecule has 0 bridgehead atoms. The summed E-state index contributed by atoms with van der Waals surface area (Å²) in [5, 5.41) is 8.57. The van der Waals surface area contributed by atoms with Crippen molar-refractivity contribution in [2.45, 2.75) is 13.5 Å². The summed E-state index contributed by atoms with van der Waals surface area (Å²) in [5.41, 5.74) is 5.96. The van der Waals surface area contributed by atoms with Crippen molar-refractivity contribution in [2.24, 2.45) is 5.10 Å². The van der Waals surface area contributed by atoms with Crippen molar-refractivity contribution in [3.8, 4) is 5.75 Å². The molecule has 0 aliphatic heterocycles. The fraction of sp³-hybridized carbons (Fsp3) is 0.100. The molecule has 0 fully saturated rings. The number of nitrogens with zero attached hydrogens (tertiary/aromatic N) is 1. The first-order chi connectivity index (χ1) is 12.6. The third-order valence-electron chi connectivity index (χ3n) is 3.67. The molecule has 26 heavy (non-hydrogen) atoms. The summed E-state index contributed by atoms with van der Waals surface area (Å²) in [5.74, 6) is 0.508. The number of benzene rings is 2. The fourth-order valence-corrected chi connectivity index (χ4v) is 2.93. The number of hydrogen-bond donors (Lipinski definition) is 1. The van der Waals surface area contributed by atoms with E-state index in [4.69, 9.17) is 16.3 Å². The van der Waals surface area contributed by atoms with E-state index in [1.807, 2.05) is 54.1 Å². The molecule has 1 heterocycles. The van der Waals surface area contributed by atoms with Gasteiger partial charge in [0.2, 0.25) is 0 Å². The molecule has 1 aromatic heterocycles. The molecular weight excluding hydrogens is 368 g/mol. The highest BCUT2D eigenvalue weighted by Gasteiger charge is 2.05. The zero-order chi connectivity index (χ0) is 18.4. The highest BCUT2D eigenvalue weighted by Crippen LogP contribution is 2.21. The number of aryl methyl sites for hydroxylation is 1. The van der Waals surface area contributed by atoms with Gasteiger partial charge in [0.25, 0.3) is 5.91 Å². The van der Waals surface area contributed by atoms with Crippen LogP contribution < -0.4 is 10.2 Å². The van der Waals surface area contributed by atoms with Crippen molar-refractivity contribution in [3.63, 3.8) is 0 Å². The minimum Gasteiger partial charge on any atom is -0.489 e. The van der Waals surface area contributed by atoms with Crippen molar-refractivity contribution < 1.29 is 9.53 Å². The molecule has 0 saturated heterocycles. The quantitative estimate of drug-likeness (QED) is 0.477. The van der Waals surface area contributed by atoms with Crippen LogP contribution in [0.15, 0.2) is 64.4 Å². The second kappa shape index (κ2) is 8.65. The lowest BCUT2D eigenvalue weighted by molar-refractivity contribution is 0.0955. The Kier molecular flexibility index (Phi) is 6.04. The van der Waals surface area contributed by atoms with E-state index in [1.165, 1.54) is 0 Å². The Labute approximate surface area is 161 Å². The van der Waals surface area contributed by atoms with Gasteiger partial charge in [0, 0.05) is 16.1 Å². The molecule has 0 saturated carbocycles. The third kappa shape index (κ3) is 4.94. The van der Waals surface area contributed by atoms with Gasteiger partial charge in [-0.3, -0.25) is 4.79 Å². The van der Waals surface area contributed by atoms with Crippen molar-refractivity contribution in [1.29, 1.82) is 0 Å². The van der Waals surface area contributed by atoms with E-state index in [9.17, 15) is 4.79 Å². The standard InChI is InChI=1S/C20H17ClN2O2S/c1-14-10-18(6-7-19(14)21)25-12-15-2-4-17(5-3-15)20(24)23-22-11-16-8-9-26-13-16/h2-11,13H,12H2,1H3,(H,23,24)/b22-11-. The monoisotopic (exact) mass is 384 g/mol. The number of rotatable bonds is 6. The highest BCUT2D eigenvalue weighted by atomic mass is 35.5. The first-order valence-corrected chi connectivity index (χ1v) is 9.27. The Balaban J connectivity index is 1.54. The first kappa shape index (κ1) is 18.2. The van der Waals surface area contributed by atoms with E-state index in [2.05, 4.69) is 10.5 Å². The van der Waals surface area contributed by atoms with Crippen LogP contribution in [0.3, 0.4) is 0 Å². The molecule has 0 spiro atoms. The van der Waals surface area contributed by atoms with Crippen LogP contribution in [0.5, 0.6) is 5.75 Å². The second-order valence-corrected chi connectivity index (χ2v) is 6.84. The third-order valence-corrected chi connectivity index (χ3v) is 4.80. The number of hydrazone groups is 1. The molecule has 2 aromatic carbocycles. The molecule has 3 rings (SSSR count). The molecule has 0 atom stereocenters. The first-order valence-electron chi connectivity index (χ1n) is 7.95. The molecule has 6 heteroatoms. The maximum Gasteiger partial charge on any atom is 0.271 e. The number of halogens is 1. The molecule has 0 aliphatic rings. The van der Waals surface area contributed by atoms with E-state index in [1.54, 1.807) is 29.7 Å². The molecule has 0 unspecified atom stereocenters. The number of carbonyl (C=O) groups excluding carboxylic acids is 1. The summed E-state index contributed by atoms with van der Waals surface area (Å²) < 4.78 is 5.75. The van der Waals surface area contributed by atoms with Crippen LogP contribution >= 0.6 is 22.9 Å². The van der Waals surface area contributed by atoms with Crippen LogP contribution in [0, 0.1) is 6.92 Å². The van der Waals surface area contributed by atoms with Gasteiger partial charge in [0.05, 0.1) is 6.21 Å². The van der Waals surface area contributed by atoms with Gasteiger partial charge in [-0.05, 0) is 65.2 Å². The van der Waals surface area contributed by atoms with Gasteiger partial charge in [0.1, 0.15) is 12.4 Å². The Bertz CT molecular complexity index is 906. The van der Waals surface area contributed by atoms with Crippen LogP contribution in [-0.4, -0.2) is 12.1 Å². The topological polar surface area (TPSA) is 50.7 Å². The Morgan fingerprint density at radius 2 is 2.04 bits per heavy atom. The van der Waals surface area contributed by atoms with Gasteiger partial charge in [0.15, 0.2) is 0 Å². The predicted octanol–water partition coefficient (Wildman–Crippen LogP) is 5.05. The van der Waals surface area contributed by atoms with Crippen molar-refractivity contribution in [2.75, 3.05) is 0 Å². The van der Waals surface area contributed by atoms with Crippen molar-refractivity contribution in [1.82, 2.24) is 5.43 Å². The van der Waals surface area contributed by atoms with E-state index < -0.39 is 0 Å². The maximum atomic E-state index is 12.1. The highest BCUT2D eigenvalue weighted by molar-refractivity contribution is 7.08. The summed E-state index contributed by atoms with van der Waals surface area (Å²) in [7, 11) is 0. The summed E-state index contributed by atoms with van der Waals surface area (Å²) >= 11 is 7.59. The van der Waals surface area contributed by atoms with Gasteiger partial charge in [-0.25, -0.2) is 5.43 Å². The smallest absolute Gasteiger partial charge is 0.271 e. The Morgan fingerprint density at radius 1 is 1.23 bits per heavy atom. The largest absolute Gasteiger partial charge is 0.489 e. The van der Waals surface area contributed by atoms with Gasteiger partial charge < -0.3 is 4.74 Å². The second-order valence-electron chi connectivity index (χ2n) is 5.65. The van der Waals surface area contributed by atoms with Crippen LogP contribution in [0.1, 0.15) is 27.0 Å². The number of amides is 1. The van der Waals surface area contributed by atoms with Crippen LogP contribution in [0.4, 0.5) is 0 Å². The average Bonchev–Trinajstić information content (AvgIpc) is 3.16. The molecular formula is C20H17ClN2O2S. The van der Waals surface area contributed by atoms with Crippen molar-refractivity contribution >= 4 is 35.1 Å². The summed E-state index contributed by atoms with van der Waals surface area (Å²) in [6.45, 7) is 2.35. The predicted molar refractivity (Wildman–Crippen MR) is 106 cm³/mol. The number of ether oxygens (including phenoxy) is 1. The molecule has 1 amide bonds. The van der Waals surface area contributed by atoms with Gasteiger partial charge >= 0.3 is 0 Å². The van der Waals surface area contributed by atoms with Crippen molar-refractivity contribution in [3.05, 3.63) is 86.6 Å². The van der Waals surface area contributed by atoms with E-state index in [0.29, 0.717) is 12.2 Å². The molecule has 4 nitrogen and oxygen atoms in total. The minimum atomic E-state index is -0.253. The van der Waals surface area contributed by atoms with Crippen LogP contribution in [0.2, 0.25) is 5.02 Å². The molecule has 1 N–H and O–H groups in total. The Hall–Kier alpha value is -2.63. The summed E-state index contributed by atoms with van der Waals surface area (Å²) in [6, 6.07) is 14.7. The Morgan fingerprint density at radius 3 is 2.73 bits per heavy atom. The average molecular weight is 385 g/mol. The normalized spacial score (nSPS) is 10.8. The van der Waals surface area contributed by atoms with Gasteiger partial charge in [-0.1, -0.05) is 23.7 Å². The number of hydrogen-bond acceptors (Lipinski definition) is 4. The fourth-order valence-electron chi connectivity index (χ4n) is 2.20. The lowest BCUT2D eigenvalue weighted by atomic mass is 10.1. The maximum absolute atomic E-state index is 12.1. The molecule has 3 aromatic rings.